The van der Waals surface area contributed by atoms with Crippen molar-refractivity contribution < 1.29 is 14.6 Å². The minimum Gasteiger partial charge on any atom is -0.497 e. The van der Waals surface area contributed by atoms with Crippen LogP contribution in [0.2, 0.25) is 0 Å². The number of aliphatic hydroxyl groups excluding tert-OH is 1. The Morgan fingerprint density at radius 1 is 1.57 bits per heavy atom. The van der Waals surface area contributed by atoms with E-state index in [0.717, 1.165) is 21.5 Å². The number of methoxy groups -OCH3 is 1. The van der Waals surface area contributed by atoms with Gasteiger partial charge in [0, 0.05) is 12.0 Å². The predicted octanol–water partition coefficient (Wildman–Crippen LogP) is 2.27. The summed E-state index contributed by atoms with van der Waals surface area (Å²) in [6.07, 6.45) is 0.178. The fourth-order valence-electron chi connectivity index (χ4n) is 1.53. The van der Waals surface area contributed by atoms with Gasteiger partial charge in [-0.1, -0.05) is 0 Å². The summed E-state index contributed by atoms with van der Waals surface area (Å²) < 4.78 is 11.4. The van der Waals surface area contributed by atoms with Gasteiger partial charge in [0.2, 0.25) is 0 Å². The van der Waals surface area contributed by atoms with Crippen LogP contribution in [0.1, 0.15) is 18.1 Å². The van der Waals surface area contributed by atoms with Crippen LogP contribution < -0.4 is 9.47 Å². The van der Waals surface area contributed by atoms with Gasteiger partial charge in [-0.25, -0.2) is 0 Å². The second-order valence-electron chi connectivity index (χ2n) is 3.18. The molecule has 0 amide bonds. The van der Waals surface area contributed by atoms with Crippen molar-refractivity contribution in [3.05, 3.63) is 22.2 Å². The predicted molar refractivity (Wildman–Crippen MR) is 55.8 cm³/mol. The molecule has 4 heteroatoms. The number of aliphatic hydroxyl groups is 1. The van der Waals surface area contributed by atoms with Crippen LogP contribution in [0.4, 0.5) is 0 Å². The monoisotopic (exact) mass is 258 g/mol. The van der Waals surface area contributed by atoms with Gasteiger partial charge in [-0.3, -0.25) is 0 Å². The Balaban J connectivity index is 2.51. The molecule has 0 fully saturated rings. The van der Waals surface area contributed by atoms with E-state index in [2.05, 4.69) is 15.9 Å². The second-order valence-corrected chi connectivity index (χ2v) is 4.03. The Hall–Kier alpha value is -0.740. The normalized spacial score (nSPS) is 19.8. The summed E-state index contributed by atoms with van der Waals surface area (Å²) in [6, 6.07) is 3.64. The number of halogens is 1. The molecule has 0 saturated carbocycles. The van der Waals surface area contributed by atoms with Crippen molar-refractivity contribution in [1.29, 1.82) is 0 Å². The van der Waals surface area contributed by atoms with Gasteiger partial charge in [-0.15, -0.1) is 0 Å². The van der Waals surface area contributed by atoms with Crippen molar-refractivity contribution in [3.8, 4) is 11.5 Å². The molecular formula is C10H11BrO3. The molecule has 0 aliphatic carbocycles. The quantitative estimate of drug-likeness (QED) is 0.840. The minimum atomic E-state index is -0.454. The zero-order valence-electron chi connectivity index (χ0n) is 7.79. The summed E-state index contributed by atoms with van der Waals surface area (Å²) in [7, 11) is 1.60. The van der Waals surface area contributed by atoms with E-state index >= 15 is 0 Å². The lowest BCUT2D eigenvalue weighted by atomic mass is 10.0. The molecule has 0 spiro atoms. The largest absolute Gasteiger partial charge is 0.497 e. The van der Waals surface area contributed by atoms with Crippen molar-refractivity contribution in [2.45, 2.75) is 12.5 Å². The lowest BCUT2D eigenvalue weighted by molar-refractivity contribution is 0.114. The summed E-state index contributed by atoms with van der Waals surface area (Å²) in [5.74, 6) is 1.45. The summed E-state index contributed by atoms with van der Waals surface area (Å²) in [5, 5.41) is 9.75. The molecule has 1 aliphatic heterocycles. The van der Waals surface area contributed by atoms with Crippen LogP contribution in [0.15, 0.2) is 16.6 Å². The molecule has 1 N–H and O–H groups in total. The van der Waals surface area contributed by atoms with Gasteiger partial charge in [0.25, 0.3) is 0 Å². The molecule has 3 nitrogen and oxygen atoms in total. The number of fused-ring (bicyclic) bond motifs is 1. The van der Waals surface area contributed by atoms with E-state index in [-0.39, 0.29) is 0 Å². The Labute approximate surface area is 90.8 Å². The lowest BCUT2D eigenvalue weighted by Crippen LogP contribution is -2.14. The van der Waals surface area contributed by atoms with Crippen LogP contribution >= 0.6 is 15.9 Å². The Kier molecular flexibility index (Phi) is 2.65. The maximum absolute atomic E-state index is 9.75. The maximum atomic E-state index is 9.75. The summed E-state index contributed by atoms with van der Waals surface area (Å²) >= 11 is 3.39. The van der Waals surface area contributed by atoms with Crippen molar-refractivity contribution >= 4 is 15.9 Å². The van der Waals surface area contributed by atoms with Gasteiger partial charge in [0.1, 0.15) is 11.5 Å². The van der Waals surface area contributed by atoms with Crippen LogP contribution in [0, 0.1) is 0 Å². The highest BCUT2D eigenvalue weighted by atomic mass is 79.9. The van der Waals surface area contributed by atoms with E-state index in [9.17, 15) is 5.11 Å². The van der Waals surface area contributed by atoms with Gasteiger partial charge >= 0.3 is 0 Å². The van der Waals surface area contributed by atoms with E-state index < -0.39 is 6.10 Å². The Bertz CT molecular complexity index is 351. The molecule has 0 saturated heterocycles. The molecule has 76 valence electrons. The van der Waals surface area contributed by atoms with Gasteiger partial charge in [0.05, 0.1) is 24.3 Å². The first-order valence-electron chi connectivity index (χ1n) is 4.40. The molecule has 1 heterocycles. The van der Waals surface area contributed by atoms with Crippen molar-refractivity contribution in [1.82, 2.24) is 0 Å². The number of rotatable bonds is 1. The molecule has 14 heavy (non-hydrogen) atoms. The number of hydrogen-bond acceptors (Lipinski definition) is 3. The minimum absolute atomic E-state index is 0.454. The molecule has 0 bridgehead atoms. The average molecular weight is 259 g/mol. The van der Waals surface area contributed by atoms with Gasteiger partial charge < -0.3 is 14.6 Å². The molecule has 1 aliphatic rings. The molecule has 0 radical (unpaired) electrons. The first-order chi connectivity index (χ1) is 6.72. The van der Waals surface area contributed by atoms with Gasteiger partial charge in [-0.2, -0.15) is 0 Å². The SMILES string of the molecule is COc1cc(Br)c2c(c1)[C@H](O)CCO2. The highest BCUT2D eigenvalue weighted by molar-refractivity contribution is 9.10. The molecule has 1 aromatic rings. The summed E-state index contributed by atoms with van der Waals surface area (Å²) in [6.45, 7) is 0.555. The standard InChI is InChI=1S/C10H11BrO3/c1-13-6-4-7-9(12)2-3-14-10(7)8(11)5-6/h4-5,9,12H,2-3H2,1H3/t9-/m1/s1. The Morgan fingerprint density at radius 2 is 2.36 bits per heavy atom. The molecule has 1 aromatic carbocycles. The molecule has 2 rings (SSSR count). The van der Waals surface area contributed by atoms with Crippen LogP contribution in [-0.4, -0.2) is 18.8 Å². The zero-order valence-corrected chi connectivity index (χ0v) is 9.37. The highest BCUT2D eigenvalue weighted by Gasteiger charge is 2.22. The fourth-order valence-corrected chi connectivity index (χ4v) is 2.10. The Morgan fingerprint density at radius 3 is 3.07 bits per heavy atom. The van der Waals surface area contributed by atoms with Crippen LogP contribution in [-0.2, 0) is 0 Å². The van der Waals surface area contributed by atoms with Crippen LogP contribution in [0.3, 0.4) is 0 Å². The van der Waals surface area contributed by atoms with Gasteiger partial charge in [-0.05, 0) is 28.1 Å². The smallest absolute Gasteiger partial charge is 0.139 e. The zero-order chi connectivity index (χ0) is 10.1. The molecule has 1 atom stereocenters. The van der Waals surface area contributed by atoms with E-state index in [1.807, 2.05) is 12.1 Å². The third kappa shape index (κ3) is 1.60. The van der Waals surface area contributed by atoms with Crippen molar-refractivity contribution in [2.24, 2.45) is 0 Å². The fraction of sp³-hybridized carbons (Fsp3) is 0.400. The van der Waals surface area contributed by atoms with E-state index in [1.165, 1.54) is 0 Å². The van der Waals surface area contributed by atoms with Crippen molar-refractivity contribution in [3.63, 3.8) is 0 Å². The third-order valence-corrected chi connectivity index (χ3v) is 2.87. The summed E-state index contributed by atoms with van der Waals surface area (Å²) in [4.78, 5) is 0. The molecular weight excluding hydrogens is 248 g/mol. The van der Waals surface area contributed by atoms with E-state index in [1.54, 1.807) is 7.11 Å². The van der Waals surface area contributed by atoms with E-state index in [0.29, 0.717) is 13.0 Å². The third-order valence-electron chi connectivity index (χ3n) is 2.28. The van der Waals surface area contributed by atoms with Gasteiger partial charge in [0.15, 0.2) is 0 Å². The maximum Gasteiger partial charge on any atom is 0.139 e. The molecule has 0 unspecified atom stereocenters. The first-order valence-corrected chi connectivity index (χ1v) is 5.20. The topological polar surface area (TPSA) is 38.7 Å². The van der Waals surface area contributed by atoms with E-state index in [4.69, 9.17) is 9.47 Å². The molecule has 0 aromatic heterocycles. The van der Waals surface area contributed by atoms with Crippen molar-refractivity contribution in [2.75, 3.05) is 13.7 Å². The first kappa shape index (κ1) is 9.80. The number of ether oxygens (including phenoxy) is 2. The highest BCUT2D eigenvalue weighted by Crippen LogP contribution is 2.40. The number of hydrogen-bond donors (Lipinski definition) is 1. The average Bonchev–Trinajstić information content (AvgIpc) is 2.19. The van der Waals surface area contributed by atoms with Crippen LogP contribution in [0.25, 0.3) is 0 Å². The lowest BCUT2D eigenvalue weighted by Gasteiger charge is -2.23. The number of benzene rings is 1. The summed E-state index contributed by atoms with van der Waals surface area (Å²) in [5.41, 5.74) is 0.794. The van der Waals surface area contributed by atoms with Crippen LogP contribution in [0.5, 0.6) is 11.5 Å². The second kappa shape index (κ2) is 3.79.